The van der Waals surface area contributed by atoms with E-state index in [4.69, 9.17) is 0 Å². The number of carbonyl (C=O) groups excluding carboxylic acids is 2. The van der Waals surface area contributed by atoms with Crippen LogP contribution in [0.1, 0.15) is 27.0 Å². The summed E-state index contributed by atoms with van der Waals surface area (Å²) in [6.45, 7) is 1.40. The summed E-state index contributed by atoms with van der Waals surface area (Å²) in [5.41, 5.74) is -6.11. The lowest BCUT2D eigenvalue weighted by molar-refractivity contribution is -0.196. The number of nitrogens with one attached hydrogen (secondary N) is 3. The molecule has 34 heavy (non-hydrogen) atoms. The zero-order valence-corrected chi connectivity index (χ0v) is 17.8. The maximum Gasteiger partial charge on any atom is 0.425 e. The Hall–Kier alpha value is -4.15. The monoisotopic (exact) mass is 472 g/mol. The second-order valence-electron chi connectivity index (χ2n) is 7.84. The minimum Gasteiger partial charge on any atom is -0.326 e. The molecule has 3 aromatic rings. The molecule has 0 saturated heterocycles. The van der Waals surface area contributed by atoms with Gasteiger partial charge in [-0.1, -0.05) is 48.5 Å². The van der Waals surface area contributed by atoms with Gasteiger partial charge in [0.15, 0.2) is 0 Å². The molecular weight excluding hydrogens is 453 g/mol. The lowest BCUT2D eigenvalue weighted by Gasteiger charge is -2.30. The summed E-state index contributed by atoms with van der Waals surface area (Å²) < 4.78 is 44.3. The lowest BCUT2D eigenvalue weighted by atomic mass is 9.91. The van der Waals surface area contributed by atoms with Crippen LogP contribution in [-0.4, -0.2) is 27.5 Å². The molecule has 11 heteroatoms. The largest absolute Gasteiger partial charge is 0.425 e. The molecule has 8 nitrogen and oxygen atoms in total. The van der Waals surface area contributed by atoms with Crippen LogP contribution < -0.4 is 21.9 Å². The van der Waals surface area contributed by atoms with Gasteiger partial charge in [-0.15, -0.1) is 0 Å². The Morgan fingerprint density at radius 2 is 1.68 bits per heavy atom. The van der Waals surface area contributed by atoms with Gasteiger partial charge in [0, 0.05) is 12.1 Å². The molecule has 0 spiro atoms. The molecule has 1 aromatic heterocycles. The highest BCUT2D eigenvalue weighted by Crippen LogP contribution is 2.45. The van der Waals surface area contributed by atoms with Crippen molar-refractivity contribution >= 4 is 17.6 Å². The summed E-state index contributed by atoms with van der Waals surface area (Å²) in [6.07, 6.45) is -5.15. The number of carbonyl (C=O) groups is 2. The van der Waals surface area contributed by atoms with E-state index in [1.54, 1.807) is 41.7 Å². The van der Waals surface area contributed by atoms with Crippen molar-refractivity contribution in [3.05, 3.63) is 97.7 Å². The third kappa shape index (κ3) is 3.68. The van der Waals surface area contributed by atoms with Crippen LogP contribution in [0.15, 0.2) is 64.2 Å². The standard InChI is InChI=1S/C23H19F3N4O4/c1-13-7-5-6-10-15(13)18(31)29-22(23(24,25)26)16-17(27-20(22)33)30(21(34)28-19(16)32)12-11-14-8-3-2-4-9-14/h2-10H,11-12H2,1H3,(H,27,33)(H,29,31)(H,28,32,34)/t22-/m1/s1. The van der Waals surface area contributed by atoms with Gasteiger partial charge in [0.2, 0.25) is 0 Å². The molecule has 1 atom stereocenters. The van der Waals surface area contributed by atoms with Crippen molar-refractivity contribution in [1.82, 2.24) is 14.9 Å². The van der Waals surface area contributed by atoms with E-state index in [-0.39, 0.29) is 18.5 Å². The molecule has 0 radical (unpaired) electrons. The van der Waals surface area contributed by atoms with E-state index >= 15 is 0 Å². The number of nitrogens with zero attached hydrogens (tertiary/aromatic N) is 1. The third-order valence-corrected chi connectivity index (χ3v) is 5.73. The number of alkyl halides is 3. The molecule has 2 amide bonds. The summed E-state index contributed by atoms with van der Waals surface area (Å²) in [4.78, 5) is 52.6. The molecule has 0 fully saturated rings. The molecule has 1 aliphatic rings. The number of halogens is 3. The molecule has 0 unspecified atom stereocenters. The number of aryl methyl sites for hydroxylation is 2. The molecule has 2 heterocycles. The molecule has 3 N–H and O–H groups in total. The Balaban J connectivity index is 1.85. The van der Waals surface area contributed by atoms with Crippen molar-refractivity contribution in [3.63, 3.8) is 0 Å². The summed E-state index contributed by atoms with van der Waals surface area (Å²) in [5, 5.41) is 3.77. The molecule has 0 bridgehead atoms. The number of H-pyrrole nitrogens is 1. The van der Waals surface area contributed by atoms with Gasteiger partial charge in [-0.2, -0.15) is 13.2 Å². The highest BCUT2D eigenvalue weighted by atomic mass is 19.4. The normalized spacial score (nSPS) is 17.2. The van der Waals surface area contributed by atoms with E-state index in [9.17, 15) is 32.3 Å². The average molecular weight is 472 g/mol. The van der Waals surface area contributed by atoms with Crippen molar-refractivity contribution in [3.8, 4) is 0 Å². The van der Waals surface area contributed by atoms with Crippen LogP contribution in [0.2, 0.25) is 0 Å². The van der Waals surface area contributed by atoms with E-state index in [0.717, 1.165) is 10.1 Å². The summed E-state index contributed by atoms with van der Waals surface area (Å²) in [5.74, 6) is -3.47. The zero-order valence-electron chi connectivity index (χ0n) is 17.8. The van der Waals surface area contributed by atoms with Crippen molar-refractivity contribution < 1.29 is 22.8 Å². The highest BCUT2D eigenvalue weighted by molar-refractivity contribution is 6.09. The van der Waals surface area contributed by atoms with Gasteiger partial charge in [-0.3, -0.25) is 23.9 Å². The van der Waals surface area contributed by atoms with Crippen LogP contribution in [-0.2, 0) is 23.3 Å². The Kier molecular flexibility index (Phi) is 5.64. The summed E-state index contributed by atoms with van der Waals surface area (Å²) in [7, 11) is 0. The minimum absolute atomic E-state index is 0.0961. The number of anilines is 1. The fourth-order valence-electron chi connectivity index (χ4n) is 3.99. The maximum absolute atomic E-state index is 14.5. The Labute approximate surface area is 190 Å². The molecule has 0 aliphatic carbocycles. The highest BCUT2D eigenvalue weighted by Gasteiger charge is 2.68. The minimum atomic E-state index is -5.39. The van der Waals surface area contributed by atoms with Gasteiger partial charge < -0.3 is 10.6 Å². The first-order chi connectivity index (χ1) is 16.1. The number of aromatic amines is 1. The molecule has 176 valence electrons. The summed E-state index contributed by atoms with van der Waals surface area (Å²) >= 11 is 0. The zero-order chi connectivity index (χ0) is 24.7. The van der Waals surface area contributed by atoms with Crippen LogP contribution >= 0.6 is 0 Å². The van der Waals surface area contributed by atoms with E-state index in [1.807, 2.05) is 10.3 Å². The predicted octanol–water partition coefficient (Wildman–Crippen LogP) is 2.23. The molecule has 1 aliphatic heterocycles. The third-order valence-electron chi connectivity index (χ3n) is 5.73. The van der Waals surface area contributed by atoms with Crippen molar-refractivity contribution in [2.24, 2.45) is 0 Å². The first-order valence-corrected chi connectivity index (χ1v) is 10.2. The topological polar surface area (TPSA) is 113 Å². The SMILES string of the molecule is Cc1ccccc1C(=O)N[C@@]1(C(F)(F)F)C(=O)Nc2c1c(=O)[nH]c(=O)n2CCc1ccccc1. The predicted molar refractivity (Wildman–Crippen MR) is 116 cm³/mol. The number of hydrogen-bond donors (Lipinski definition) is 3. The van der Waals surface area contributed by atoms with Crippen molar-refractivity contribution in [1.29, 1.82) is 0 Å². The molecule has 2 aromatic carbocycles. The van der Waals surface area contributed by atoms with Gasteiger partial charge in [0.1, 0.15) is 11.4 Å². The van der Waals surface area contributed by atoms with E-state index < -0.39 is 46.2 Å². The van der Waals surface area contributed by atoms with Crippen molar-refractivity contribution in [2.75, 3.05) is 5.32 Å². The van der Waals surface area contributed by atoms with Gasteiger partial charge in [0.25, 0.3) is 22.9 Å². The van der Waals surface area contributed by atoms with Crippen LogP contribution in [0.3, 0.4) is 0 Å². The van der Waals surface area contributed by atoms with Crippen LogP contribution in [0.25, 0.3) is 0 Å². The average Bonchev–Trinajstić information content (AvgIpc) is 3.07. The van der Waals surface area contributed by atoms with Gasteiger partial charge in [0.05, 0.1) is 0 Å². The number of amides is 2. The van der Waals surface area contributed by atoms with E-state index in [2.05, 4.69) is 0 Å². The molecular formula is C23H19F3N4O4. The number of benzene rings is 2. The van der Waals surface area contributed by atoms with E-state index in [0.29, 0.717) is 5.56 Å². The fourth-order valence-corrected chi connectivity index (χ4v) is 3.99. The first kappa shape index (κ1) is 23.0. The number of aromatic nitrogens is 2. The second-order valence-corrected chi connectivity index (χ2v) is 7.84. The van der Waals surface area contributed by atoms with Gasteiger partial charge in [-0.05, 0) is 30.5 Å². The molecule has 0 saturated carbocycles. The smallest absolute Gasteiger partial charge is 0.326 e. The number of hydrogen-bond acceptors (Lipinski definition) is 4. The van der Waals surface area contributed by atoms with Gasteiger partial charge >= 0.3 is 11.9 Å². The maximum atomic E-state index is 14.5. The summed E-state index contributed by atoms with van der Waals surface area (Å²) in [6, 6.07) is 14.7. The number of fused-ring (bicyclic) bond motifs is 1. The van der Waals surface area contributed by atoms with Crippen LogP contribution in [0.5, 0.6) is 0 Å². The Morgan fingerprint density at radius 3 is 2.32 bits per heavy atom. The molecule has 4 rings (SSSR count). The lowest BCUT2D eigenvalue weighted by Crippen LogP contribution is -2.62. The first-order valence-electron chi connectivity index (χ1n) is 10.2. The van der Waals surface area contributed by atoms with Crippen LogP contribution in [0, 0.1) is 6.92 Å². The van der Waals surface area contributed by atoms with Crippen molar-refractivity contribution in [2.45, 2.75) is 31.6 Å². The number of rotatable bonds is 5. The van der Waals surface area contributed by atoms with Crippen LogP contribution in [0.4, 0.5) is 19.0 Å². The fraction of sp³-hybridized carbons (Fsp3) is 0.217. The second kappa shape index (κ2) is 8.32. The Morgan fingerprint density at radius 1 is 1.03 bits per heavy atom. The quantitative estimate of drug-likeness (QED) is 0.529. The van der Waals surface area contributed by atoms with E-state index in [1.165, 1.54) is 25.1 Å². The Bertz CT molecular complexity index is 1400. The van der Waals surface area contributed by atoms with Gasteiger partial charge in [-0.25, -0.2) is 4.79 Å².